The van der Waals surface area contributed by atoms with E-state index in [1.54, 1.807) is 0 Å². The molecule has 3 aromatic rings. The average Bonchev–Trinajstić information content (AvgIpc) is 3.14. The Kier molecular flexibility index (Phi) is 5.13. The summed E-state index contributed by atoms with van der Waals surface area (Å²) in [6.07, 6.45) is 0.820. The molecule has 2 heterocycles. The fraction of sp³-hybridized carbons (Fsp3) is 0.455. The number of rotatable bonds is 5. The summed E-state index contributed by atoms with van der Waals surface area (Å²) in [7, 11) is 0. The van der Waals surface area contributed by atoms with Gasteiger partial charge >= 0.3 is 0 Å². The standard InChI is InChI=1S/C22H30N4O/c1-8-17(19-15(6)25-26(9-2)16(19)7)23-22(27)21-14(5)18-12(3)10-11-13(4)20(18)24-21/h10-11,17,24H,8-9H2,1-7H3,(H,23,27). The third-order valence-electron chi connectivity index (χ3n) is 5.65. The highest BCUT2D eigenvalue weighted by Crippen LogP contribution is 2.29. The summed E-state index contributed by atoms with van der Waals surface area (Å²) in [6, 6.07) is 4.16. The Morgan fingerprint density at radius 1 is 1.15 bits per heavy atom. The number of carbonyl (C=O) groups is 1. The van der Waals surface area contributed by atoms with E-state index in [1.807, 2.05) is 18.5 Å². The van der Waals surface area contributed by atoms with Crippen molar-refractivity contribution in [1.82, 2.24) is 20.1 Å². The van der Waals surface area contributed by atoms with E-state index >= 15 is 0 Å². The number of benzene rings is 1. The minimum absolute atomic E-state index is 0.0502. The van der Waals surface area contributed by atoms with Gasteiger partial charge in [-0.2, -0.15) is 5.10 Å². The lowest BCUT2D eigenvalue weighted by atomic mass is 10.0. The molecule has 0 saturated carbocycles. The van der Waals surface area contributed by atoms with Crippen LogP contribution in [0.2, 0.25) is 0 Å². The van der Waals surface area contributed by atoms with Gasteiger partial charge in [0.05, 0.1) is 11.7 Å². The molecule has 0 aliphatic carbocycles. The molecule has 1 atom stereocenters. The number of aryl methyl sites for hydroxylation is 5. The number of hydrogen-bond donors (Lipinski definition) is 2. The fourth-order valence-corrected chi connectivity index (χ4v) is 4.16. The van der Waals surface area contributed by atoms with E-state index in [2.05, 4.69) is 62.2 Å². The largest absolute Gasteiger partial charge is 0.350 e. The summed E-state index contributed by atoms with van der Waals surface area (Å²) in [5.41, 5.74) is 8.30. The molecule has 5 nitrogen and oxygen atoms in total. The van der Waals surface area contributed by atoms with Crippen molar-refractivity contribution in [3.8, 4) is 0 Å². The normalized spacial score (nSPS) is 12.6. The van der Waals surface area contributed by atoms with Crippen LogP contribution in [0.5, 0.6) is 0 Å². The van der Waals surface area contributed by atoms with Crippen molar-refractivity contribution in [2.45, 2.75) is 67.5 Å². The number of amides is 1. The first-order valence-corrected chi connectivity index (χ1v) is 9.73. The molecule has 0 radical (unpaired) electrons. The van der Waals surface area contributed by atoms with Crippen molar-refractivity contribution >= 4 is 16.8 Å². The Bertz CT molecular complexity index is 1010. The van der Waals surface area contributed by atoms with Crippen LogP contribution < -0.4 is 5.32 Å². The molecule has 0 spiro atoms. The first-order chi connectivity index (χ1) is 12.8. The van der Waals surface area contributed by atoms with Crippen molar-refractivity contribution in [3.63, 3.8) is 0 Å². The Balaban J connectivity index is 1.98. The van der Waals surface area contributed by atoms with Crippen molar-refractivity contribution in [2.24, 2.45) is 0 Å². The van der Waals surface area contributed by atoms with Crippen LogP contribution in [0, 0.1) is 34.6 Å². The van der Waals surface area contributed by atoms with E-state index in [1.165, 1.54) is 5.56 Å². The number of nitrogens with one attached hydrogen (secondary N) is 2. The summed E-state index contributed by atoms with van der Waals surface area (Å²) in [6.45, 7) is 15.3. The number of hydrogen-bond acceptors (Lipinski definition) is 2. The van der Waals surface area contributed by atoms with Crippen LogP contribution in [0.25, 0.3) is 10.9 Å². The van der Waals surface area contributed by atoms with E-state index < -0.39 is 0 Å². The highest BCUT2D eigenvalue weighted by Gasteiger charge is 2.24. The van der Waals surface area contributed by atoms with E-state index in [0.29, 0.717) is 5.69 Å². The number of nitrogens with zero attached hydrogens (tertiary/aromatic N) is 2. The van der Waals surface area contributed by atoms with Crippen molar-refractivity contribution in [1.29, 1.82) is 0 Å². The molecule has 3 rings (SSSR count). The highest BCUT2D eigenvalue weighted by atomic mass is 16.2. The summed E-state index contributed by atoms with van der Waals surface area (Å²) in [4.78, 5) is 16.5. The van der Waals surface area contributed by atoms with Crippen LogP contribution in [0.3, 0.4) is 0 Å². The van der Waals surface area contributed by atoms with Gasteiger partial charge in [-0.1, -0.05) is 19.1 Å². The minimum Gasteiger partial charge on any atom is -0.350 e. The second-order valence-electron chi connectivity index (χ2n) is 7.41. The molecule has 0 fully saturated rings. The van der Waals surface area contributed by atoms with Gasteiger partial charge in [0, 0.05) is 28.7 Å². The van der Waals surface area contributed by atoms with Crippen LogP contribution in [-0.4, -0.2) is 20.7 Å². The number of fused-ring (bicyclic) bond motifs is 1. The molecule has 1 unspecified atom stereocenters. The Hall–Kier alpha value is -2.56. The summed E-state index contributed by atoms with van der Waals surface area (Å²) >= 11 is 0. The number of aromatic nitrogens is 3. The average molecular weight is 367 g/mol. The molecule has 144 valence electrons. The van der Waals surface area contributed by atoms with Crippen LogP contribution in [0.15, 0.2) is 12.1 Å². The van der Waals surface area contributed by atoms with Crippen LogP contribution >= 0.6 is 0 Å². The molecule has 1 amide bonds. The van der Waals surface area contributed by atoms with Gasteiger partial charge in [0.1, 0.15) is 5.69 Å². The van der Waals surface area contributed by atoms with E-state index in [0.717, 1.165) is 51.9 Å². The van der Waals surface area contributed by atoms with Crippen molar-refractivity contribution in [3.05, 3.63) is 51.5 Å². The summed E-state index contributed by atoms with van der Waals surface area (Å²) < 4.78 is 2.00. The molecule has 2 N–H and O–H groups in total. The minimum atomic E-state index is -0.0580. The van der Waals surface area contributed by atoms with Gasteiger partial charge in [-0.25, -0.2) is 0 Å². The maximum Gasteiger partial charge on any atom is 0.268 e. The Labute approximate surface area is 161 Å². The monoisotopic (exact) mass is 366 g/mol. The van der Waals surface area contributed by atoms with Gasteiger partial charge in [0.2, 0.25) is 0 Å². The molecule has 0 aliphatic rings. The maximum absolute atomic E-state index is 13.1. The van der Waals surface area contributed by atoms with Gasteiger partial charge in [-0.3, -0.25) is 9.48 Å². The zero-order chi connectivity index (χ0) is 19.9. The third-order valence-corrected chi connectivity index (χ3v) is 5.65. The second-order valence-corrected chi connectivity index (χ2v) is 7.41. The lowest BCUT2D eigenvalue weighted by Gasteiger charge is -2.18. The third kappa shape index (κ3) is 3.15. The van der Waals surface area contributed by atoms with Gasteiger partial charge in [0.25, 0.3) is 5.91 Å². The first kappa shape index (κ1) is 19.2. The van der Waals surface area contributed by atoms with Crippen molar-refractivity contribution in [2.75, 3.05) is 0 Å². The van der Waals surface area contributed by atoms with Crippen molar-refractivity contribution < 1.29 is 4.79 Å². The molecule has 1 aromatic carbocycles. The summed E-state index contributed by atoms with van der Waals surface area (Å²) in [5, 5.41) is 9.00. The Morgan fingerprint density at radius 3 is 2.37 bits per heavy atom. The van der Waals surface area contributed by atoms with E-state index in [9.17, 15) is 4.79 Å². The molecule has 5 heteroatoms. The number of H-pyrrole nitrogens is 1. The van der Waals surface area contributed by atoms with Gasteiger partial charge in [-0.05, 0) is 64.7 Å². The predicted molar refractivity (Wildman–Crippen MR) is 110 cm³/mol. The Morgan fingerprint density at radius 2 is 1.81 bits per heavy atom. The molecule has 2 aromatic heterocycles. The van der Waals surface area contributed by atoms with Gasteiger partial charge in [0.15, 0.2) is 0 Å². The quantitative estimate of drug-likeness (QED) is 0.681. The van der Waals surface area contributed by atoms with Crippen LogP contribution in [0.4, 0.5) is 0 Å². The predicted octanol–water partition coefficient (Wildman–Crippen LogP) is 4.81. The maximum atomic E-state index is 13.1. The first-order valence-electron chi connectivity index (χ1n) is 9.73. The molecule has 0 bridgehead atoms. The van der Waals surface area contributed by atoms with Crippen LogP contribution in [0.1, 0.15) is 70.4 Å². The molecule has 0 saturated heterocycles. The van der Waals surface area contributed by atoms with Crippen LogP contribution in [-0.2, 0) is 6.54 Å². The molecule has 27 heavy (non-hydrogen) atoms. The molecule has 0 aliphatic heterocycles. The number of carbonyl (C=O) groups excluding carboxylic acids is 1. The SMILES string of the molecule is CCC(NC(=O)c1[nH]c2c(C)ccc(C)c2c1C)c1c(C)nn(CC)c1C. The molecular formula is C22H30N4O. The highest BCUT2D eigenvalue weighted by molar-refractivity contribution is 6.02. The number of aromatic amines is 1. The topological polar surface area (TPSA) is 62.7 Å². The molecular weight excluding hydrogens is 336 g/mol. The fourth-order valence-electron chi connectivity index (χ4n) is 4.16. The zero-order valence-corrected chi connectivity index (χ0v) is 17.4. The van der Waals surface area contributed by atoms with Gasteiger partial charge in [-0.15, -0.1) is 0 Å². The lowest BCUT2D eigenvalue weighted by Crippen LogP contribution is -2.29. The summed E-state index contributed by atoms with van der Waals surface area (Å²) in [5.74, 6) is -0.0580. The lowest BCUT2D eigenvalue weighted by molar-refractivity contribution is 0.0930. The van der Waals surface area contributed by atoms with E-state index in [-0.39, 0.29) is 11.9 Å². The second kappa shape index (κ2) is 7.22. The zero-order valence-electron chi connectivity index (χ0n) is 17.4. The smallest absolute Gasteiger partial charge is 0.268 e. The van der Waals surface area contributed by atoms with Gasteiger partial charge < -0.3 is 10.3 Å². The van der Waals surface area contributed by atoms with E-state index in [4.69, 9.17) is 0 Å².